The van der Waals surface area contributed by atoms with Crippen LogP contribution in [0.1, 0.15) is 266 Å². The van der Waals surface area contributed by atoms with Crippen LogP contribution in [0.4, 0.5) is 11.4 Å². The van der Waals surface area contributed by atoms with E-state index in [1.54, 1.807) is 5.56 Å². The van der Waals surface area contributed by atoms with E-state index in [1.165, 1.54) is 262 Å². The standard InChI is InChI=1S/C32H50N2OSi2.C32H53NOSi2.C31H49N3OSi2/c1-36(2,3)35-37(4,5)24-12-10-8-6-7-9-11-13-28-16-23-32(34-26-28)31-21-19-30(20-22-31)29-17-14-27(25-33)15-18-29;1-27-15-18-32(26-33-27)31-23-21-30(22-24-31)29-19-16-28(17-20-29)14-12-10-8-7-9-11-13-25-36(5,6)34-35(2,3)4;1-36(2,3)35-37(4,5)26-12-10-8-6-7-9-11-13-28-14-18-30(19-15-28)33-22-24-34(25-23-33)31-20-16-29(27-32)17-21-31/h14-18,23,26,30-31H,6-13,19-22,24H2,1-5H3;15-20,26,30-31H,7-14,21-25H2,1-6H3;14-21H,6-13,22-26H2,1-5H3. The lowest BCUT2D eigenvalue weighted by Crippen LogP contribution is -2.46. The lowest BCUT2D eigenvalue weighted by Gasteiger charge is -2.37. The Labute approximate surface area is 679 Å². The molecule has 3 fully saturated rings. The van der Waals surface area contributed by atoms with Gasteiger partial charge < -0.3 is 22.1 Å². The van der Waals surface area contributed by atoms with Crippen molar-refractivity contribution in [3.63, 3.8) is 0 Å². The highest BCUT2D eigenvalue weighted by atomic mass is 28.4. The number of aryl methyl sites for hydroxylation is 4. The van der Waals surface area contributed by atoms with Crippen LogP contribution in [0.25, 0.3) is 0 Å². The number of rotatable bonds is 42. The van der Waals surface area contributed by atoms with Crippen LogP contribution in [0.5, 0.6) is 0 Å². The van der Waals surface area contributed by atoms with Crippen molar-refractivity contribution in [3.8, 4) is 12.1 Å². The van der Waals surface area contributed by atoms with Crippen LogP contribution in [-0.2, 0) is 31.6 Å². The van der Waals surface area contributed by atoms with Crippen LogP contribution < -0.4 is 9.80 Å². The number of nitrogens with zero attached hydrogens (tertiary/aromatic N) is 6. The van der Waals surface area contributed by atoms with Crippen molar-refractivity contribution in [2.75, 3.05) is 36.0 Å². The number of anilines is 2. The van der Waals surface area contributed by atoms with Gasteiger partial charge in [-0.25, -0.2) is 0 Å². The number of hydrogen-bond donors (Lipinski definition) is 0. The third kappa shape index (κ3) is 37.0. The molecule has 15 heteroatoms. The molecule has 2 aliphatic carbocycles. The Morgan fingerprint density at radius 2 is 0.609 bits per heavy atom. The first-order valence-corrected chi connectivity index (χ1v) is 63.6. The van der Waals surface area contributed by atoms with Gasteiger partial charge in [-0.15, -0.1) is 0 Å². The minimum Gasteiger partial charge on any atom is -0.456 e. The van der Waals surface area contributed by atoms with E-state index in [1.807, 2.05) is 24.3 Å². The predicted molar refractivity (Wildman–Crippen MR) is 489 cm³/mol. The van der Waals surface area contributed by atoms with Gasteiger partial charge in [0.2, 0.25) is 0 Å². The van der Waals surface area contributed by atoms with E-state index in [4.69, 9.17) is 27.9 Å². The van der Waals surface area contributed by atoms with E-state index in [9.17, 15) is 0 Å². The molecule has 604 valence electrons. The lowest BCUT2D eigenvalue weighted by atomic mass is 9.76. The van der Waals surface area contributed by atoms with Crippen LogP contribution in [-0.4, -0.2) is 86.1 Å². The maximum Gasteiger partial charge on any atom is 0.173 e. The fraction of sp³-hybridized carbons (Fsp3) is 0.621. The molecular formula is C95H152N6O3Si6. The number of piperazine rings is 1. The predicted octanol–water partition coefficient (Wildman–Crippen LogP) is 28.1. The average Bonchev–Trinajstić information content (AvgIpc) is 0.844. The van der Waals surface area contributed by atoms with Gasteiger partial charge in [0.15, 0.2) is 49.9 Å². The number of aromatic nitrogens is 2. The first kappa shape index (κ1) is 92.1. The molecule has 0 radical (unpaired) electrons. The highest BCUT2D eigenvalue weighted by Crippen LogP contribution is 2.42. The van der Waals surface area contributed by atoms with Gasteiger partial charge in [-0.2, -0.15) is 10.5 Å². The third-order valence-corrected chi connectivity index (χ3v) is 41.7. The Balaban J connectivity index is 0.000000229. The van der Waals surface area contributed by atoms with Gasteiger partial charge in [0.05, 0.1) is 23.3 Å². The zero-order valence-electron chi connectivity index (χ0n) is 72.5. The summed E-state index contributed by atoms with van der Waals surface area (Å²) in [5.41, 5.74) is 15.2. The van der Waals surface area contributed by atoms with Crippen molar-refractivity contribution in [1.82, 2.24) is 9.97 Å². The lowest BCUT2D eigenvalue weighted by molar-refractivity contribution is 0.391. The van der Waals surface area contributed by atoms with Gasteiger partial charge in [0, 0.05) is 67.3 Å². The van der Waals surface area contributed by atoms with Crippen molar-refractivity contribution in [2.24, 2.45) is 0 Å². The van der Waals surface area contributed by atoms with Crippen LogP contribution in [0, 0.1) is 29.6 Å². The maximum absolute atomic E-state index is 9.01. The van der Waals surface area contributed by atoms with Gasteiger partial charge in [-0.1, -0.05) is 176 Å². The van der Waals surface area contributed by atoms with Crippen molar-refractivity contribution in [1.29, 1.82) is 10.5 Å². The molecule has 1 saturated heterocycles. The summed E-state index contributed by atoms with van der Waals surface area (Å²) in [7, 11) is -8.48. The second-order valence-corrected chi connectivity index (χ2v) is 65.2. The molecule has 0 unspecified atom stereocenters. The Bertz CT molecular complexity index is 3410. The first-order chi connectivity index (χ1) is 52.4. The number of hydrogen-bond acceptors (Lipinski definition) is 9. The Hall–Kier alpha value is -5.06. The summed E-state index contributed by atoms with van der Waals surface area (Å²) >= 11 is 0. The molecular weight excluding hydrogens is 1440 g/mol. The minimum absolute atomic E-state index is 0.596. The highest BCUT2D eigenvalue weighted by Gasteiger charge is 2.32. The summed E-state index contributed by atoms with van der Waals surface area (Å²) < 4.78 is 19.4. The van der Waals surface area contributed by atoms with E-state index >= 15 is 0 Å². The molecule has 2 aromatic heterocycles. The SMILES string of the molecule is C[Si](C)(C)O[Si](C)(C)CCCCCCCCCc1ccc(C2CCC(c3ccc(C#N)cc3)CC2)nc1.C[Si](C)(C)O[Si](C)(C)CCCCCCCCCc1ccc(N2CCN(c3ccc(C#N)cc3)CC2)cc1.Cc1ccc(C2CCC(c3ccc(CCCCCCCCC[Si](C)(C)O[Si](C)(C)C)cc3)CC2)cn1. The van der Waals surface area contributed by atoms with Crippen molar-refractivity contribution >= 4 is 61.3 Å². The topological polar surface area (TPSA) is 108 Å². The summed E-state index contributed by atoms with van der Waals surface area (Å²) in [5, 5.41) is 18.0. The minimum atomic E-state index is -1.45. The van der Waals surface area contributed by atoms with E-state index < -0.39 is 49.9 Å². The van der Waals surface area contributed by atoms with Crippen molar-refractivity contribution in [2.45, 2.75) is 352 Å². The van der Waals surface area contributed by atoms with Crippen LogP contribution >= 0.6 is 0 Å². The summed E-state index contributed by atoms with van der Waals surface area (Å²) in [6.45, 7) is 41.5. The molecule has 3 heterocycles. The summed E-state index contributed by atoms with van der Waals surface area (Å²) in [5.74, 6) is 2.66. The van der Waals surface area contributed by atoms with E-state index in [0.29, 0.717) is 17.8 Å². The normalized spacial score (nSPS) is 17.3. The molecule has 9 rings (SSSR count). The Morgan fingerprint density at radius 3 is 0.945 bits per heavy atom. The molecule has 0 N–H and O–H groups in total. The maximum atomic E-state index is 9.01. The summed E-state index contributed by atoms with van der Waals surface area (Å²) in [6, 6.07) is 52.5. The fourth-order valence-corrected chi connectivity index (χ4v) is 42.0. The molecule has 0 amide bonds. The monoisotopic (exact) mass is 1590 g/mol. The van der Waals surface area contributed by atoms with Gasteiger partial charge in [-0.3, -0.25) is 9.97 Å². The number of nitriles is 2. The Kier molecular flexibility index (Phi) is 39.4. The average molecular weight is 1590 g/mol. The number of pyridine rings is 2. The quantitative estimate of drug-likeness (QED) is 0.0273. The number of benzene rings is 4. The second kappa shape index (κ2) is 47.1. The molecule has 0 bridgehead atoms. The van der Waals surface area contributed by atoms with Crippen molar-refractivity contribution < 1.29 is 12.3 Å². The van der Waals surface area contributed by atoms with Gasteiger partial charge >= 0.3 is 0 Å². The fourth-order valence-electron chi connectivity index (χ4n) is 17.6. The van der Waals surface area contributed by atoms with E-state index in [2.05, 4.69) is 242 Å². The molecule has 0 spiro atoms. The molecule has 6 aromatic rings. The van der Waals surface area contributed by atoms with Gasteiger partial charge in [-0.05, 0) is 325 Å². The van der Waals surface area contributed by atoms with Crippen molar-refractivity contribution in [3.05, 3.63) is 190 Å². The molecule has 9 nitrogen and oxygen atoms in total. The largest absolute Gasteiger partial charge is 0.456 e. The second-order valence-electron chi connectivity index (χ2n) is 38.0. The first-order valence-electron chi connectivity index (χ1n) is 44.1. The third-order valence-electron chi connectivity index (χ3n) is 23.0. The number of unbranched alkanes of at least 4 members (excludes halogenated alkanes) is 18. The van der Waals surface area contributed by atoms with Gasteiger partial charge in [0.1, 0.15) is 0 Å². The summed E-state index contributed by atoms with van der Waals surface area (Å²) in [6.07, 6.45) is 46.5. The molecule has 110 heavy (non-hydrogen) atoms. The zero-order valence-corrected chi connectivity index (χ0v) is 78.5. The zero-order chi connectivity index (χ0) is 79.5. The van der Waals surface area contributed by atoms with Crippen LogP contribution in [0.15, 0.2) is 134 Å². The van der Waals surface area contributed by atoms with E-state index in [-0.39, 0.29) is 0 Å². The summed E-state index contributed by atoms with van der Waals surface area (Å²) in [4.78, 5) is 14.3. The van der Waals surface area contributed by atoms with Gasteiger partial charge in [0.25, 0.3) is 0 Å². The molecule has 2 saturated carbocycles. The molecule has 0 atom stereocenters. The molecule has 1 aliphatic heterocycles. The Morgan fingerprint density at radius 1 is 0.318 bits per heavy atom. The van der Waals surface area contributed by atoms with Crippen LogP contribution in [0.3, 0.4) is 0 Å². The molecule has 3 aliphatic rings. The van der Waals surface area contributed by atoms with E-state index in [0.717, 1.165) is 55.3 Å². The highest BCUT2D eigenvalue weighted by molar-refractivity contribution is 6.85. The molecule has 4 aromatic carbocycles. The van der Waals surface area contributed by atoms with Crippen LogP contribution in [0.2, 0.25) is 116 Å². The smallest absolute Gasteiger partial charge is 0.173 e.